The van der Waals surface area contributed by atoms with Crippen LogP contribution < -0.4 is 0 Å². The molecule has 90 valence electrons. The Morgan fingerprint density at radius 2 is 1.71 bits per heavy atom. The third kappa shape index (κ3) is 2.50. The van der Waals surface area contributed by atoms with Crippen LogP contribution in [0.3, 0.4) is 0 Å². The molecule has 2 nitrogen and oxygen atoms in total. The largest absolute Gasteiger partial charge is 0.466 e. The van der Waals surface area contributed by atoms with Crippen molar-refractivity contribution in [2.75, 3.05) is 0 Å². The van der Waals surface area contributed by atoms with E-state index in [0.29, 0.717) is 11.3 Å². The summed E-state index contributed by atoms with van der Waals surface area (Å²) in [6, 6.07) is 7.49. The van der Waals surface area contributed by atoms with Crippen LogP contribution in [0.4, 0.5) is 13.2 Å². The maximum Gasteiger partial charge on any atom is 0.416 e. The number of alkyl halides is 3. The second kappa shape index (κ2) is 4.25. The third-order valence-electron chi connectivity index (χ3n) is 2.37. The van der Waals surface area contributed by atoms with Crippen molar-refractivity contribution in [3.05, 3.63) is 59.5 Å². The highest BCUT2D eigenvalue weighted by atomic mass is 19.4. The normalized spacial score (nSPS) is 13.6. The Labute approximate surface area is 95.3 Å². The molecule has 0 fully saturated rings. The molecule has 1 N–H and O–H groups in total. The average molecular weight is 242 g/mol. The molecular weight excluding hydrogens is 233 g/mol. The molecule has 1 aromatic heterocycles. The SMILES string of the molecule is O[C@H](c1ccc(C(F)(F)F)cc1)c1ccco1. The summed E-state index contributed by atoms with van der Waals surface area (Å²) in [5.74, 6) is 0.296. The van der Waals surface area contributed by atoms with E-state index in [0.717, 1.165) is 12.1 Å². The quantitative estimate of drug-likeness (QED) is 0.875. The first-order valence-electron chi connectivity index (χ1n) is 4.87. The molecule has 2 aromatic rings. The lowest BCUT2D eigenvalue weighted by atomic mass is 10.1. The van der Waals surface area contributed by atoms with Crippen LogP contribution >= 0.6 is 0 Å². The predicted molar refractivity (Wildman–Crippen MR) is 54.2 cm³/mol. The lowest BCUT2D eigenvalue weighted by Gasteiger charge is -2.10. The van der Waals surface area contributed by atoms with Gasteiger partial charge in [-0.2, -0.15) is 13.2 Å². The molecule has 5 heteroatoms. The van der Waals surface area contributed by atoms with E-state index in [-0.39, 0.29) is 0 Å². The van der Waals surface area contributed by atoms with Crippen molar-refractivity contribution >= 4 is 0 Å². The Morgan fingerprint density at radius 1 is 1.06 bits per heavy atom. The molecule has 0 saturated carbocycles. The van der Waals surface area contributed by atoms with Gasteiger partial charge in [-0.05, 0) is 29.8 Å². The Balaban J connectivity index is 2.24. The van der Waals surface area contributed by atoms with Gasteiger partial charge in [0.25, 0.3) is 0 Å². The number of halogens is 3. The monoisotopic (exact) mass is 242 g/mol. The number of hydrogen-bond donors (Lipinski definition) is 1. The van der Waals surface area contributed by atoms with E-state index in [1.807, 2.05) is 0 Å². The van der Waals surface area contributed by atoms with Crippen molar-refractivity contribution in [1.29, 1.82) is 0 Å². The van der Waals surface area contributed by atoms with E-state index >= 15 is 0 Å². The molecule has 1 atom stereocenters. The summed E-state index contributed by atoms with van der Waals surface area (Å²) in [6.45, 7) is 0. The highest BCUT2D eigenvalue weighted by molar-refractivity contribution is 5.29. The predicted octanol–water partition coefficient (Wildman–Crippen LogP) is 3.38. The van der Waals surface area contributed by atoms with E-state index in [1.165, 1.54) is 18.4 Å². The molecule has 0 saturated heterocycles. The number of benzene rings is 1. The fourth-order valence-corrected chi connectivity index (χ4v) is 1.47. The van der Waals surface area contributed by atoms with Crippen molar-refractivity contribution < 1.29 is 22.7 Å². The fraction of sp³-hybridized carbons (Fsp3) is 0.167. The van der Waals surface area contributed by atoms with Gasteiger partial charge in [0, 0.05) is 0 Å². The first-order valence-corrected chi connectivity index (χ1v) is 4.87. The molecular formula is C12H9F3O2. The van der Waals surface area contributed by atoms with Crippen molar-refractivity contribution in [3.63, 3.8) is 0 Å². The van der Waals surface area contributed by atoms with Gasteiger partial charge in [-0.3, -0.25) is 0 Å². The zero-order valence-electron chi connectivity index (χ0n) is 8.61. The van der Waals surface area contributed by atoms with Gasteiger partial charge in [0.15, 0.2) is 0 Å². The summed E-state index contributed by atoms with van der Waals surface area (Å²) < 4.78 is 41.9. The molecule has 0 bridgehead atoms. The van der Waals surface area contributed by atoms with Crippen LogP contribution in [0.2, 0.25) is 0 Å². The van der Waals surface area contributed by atoms with Gasteiger partial charge in [0.2, 0.25) is 0 Å². The first-order chi connectivity index (χ1) is 7.98. The number of aliphatic hydroxyl groups is 1. The standard InChI is InChI=1S/C12H9F3O2/c13-12(14,15)9-5-3-8(4-6-9)11(16)10-2-1-7-17-10/h1-7,11,16H/t11-/m1/s1. The topological polar surface area (TPSA) is 33.4 Å². The molecule has 1 heterocycles. The smallest absolute Gasteiger partial charge is 0.416 e. The van der Waals surface area contributed by atoms with Crippen molar-refractivity contribution in [1.82, 2.24) is 0 Å². The second-order valence-electron chi connectivity index (χ2n) is 3.54. The average Bonchev–Trinajstić information content (AvgIpc) is 2.80. The molecule has 0 spiro atoms. The molecule has 0 aliphatic rings. The molecule has 0 unspecified atom stereocenters. The van der Waals surface area contributed by atoms with Crippen molar-refractivity contribution in [2.24, 2.45) is 0 Å². The van der Waals surface area contributed by atoms with Crippen LogP contribution in [0.25, 0.3) is 0 Å². The molecule has 0 aliphatic heterocycles. The highest BCUT2D eigenvalue weighted by Crippen LogP contribution is 2.30. The molecule has 2 rings (SSSR count). The molecule has 0 radical (unpaired) electrons. The number of hydrogen-bond acceptors (Lipinski definition) is 2. The zero-order valence-corrected chi connectivity index (χ0v) is 8.61. The molecule has 0 amide bonds. The molecule has 17 heavy (non-hydrogen) atoms. The lowest BCUT2D eigenvalue weighted by molar-refractivity contribution is -0.137. The Hall–Kier alpha value is -1.75. The zero-order chi connectivity index (χ0) is 12.5. The molecule has 1 aromatic carbocycles. The van der Waals surface area contributed by atoms with Crippen molar-refractivity contribution in [3.8, 4) is 0 Å². The lowest BCUT2D eigenvalue weighted by Crippen LogP contribution is -2.05. The number of furan rings is 1. The van der Waals surface area contributed by atoms with E-state index in [1.54, 1.807) is 12.1 Å². The van der Waals surface area contributed by atoms with E-state index in [2.05, 4.69) is 0 Å². The number of rotatable bonds is 2. The van der Waals surface area contributed by atoms with Crippen LogP contribution in [-0.4, -0.2) is 5.11 Å². The molecule has 0 aliphatic carbocycles. The minimum absolute atomic E-state index is 0.296. The van der Waals surface area contributed by atoms with E-state index in [9.17, 15) is 18.3 Å². The van der Waals surface area contributed by atoms with Crippen LogP contribution in [0, 0.1) is 0 Å². The van der Waals surface area contributed by atoms with Crippen LogP contribution in [0.1, 0.15) is 23.0 Å². The van der Waals surface area contributed by atoms with Crippen LogP contribution in [0.5, 0.6) is 0 Å². The van der Waals surface area contributed by atoms with Crippen LogP contribution in [0.15, 0.2) is 47.1 Å². The summed E-state index contributed by atoms with van der Waals surface area (Å²) in [5, 5.41) is 9.80. The minimum atomic E-state index is -4.37. The summed E-state index contributed by atoms with van der Waals surface area (Å²) in [4.78, 5) is 0. The Kier molecular flexibility index (Phi) is 2.93. The van der Waals surface area contributed by atoms with Gasteiger partial charge in [-0.25, -0.2) is 0 Å². The summed E-state index contributed by atoms with van der Waals surface area (Å²) in [5.41, 5.74) is -0.388. The van der Waals surface area contributed by atoms with Crippen molar-refractivity contribution in [2.45, 2.75) is 12.3 Å². The summed E-state index contributed by atoms with van der Waals surface area (Å²) in [6.07, 6.45) is -4.02. The maximum absolute atomic E-state index is 12.3. The summed E-state index contributed by atoms with van der Waals surface area (Å²) in [7, 11) is 0. The first kappa shape index (κ1) is 11.7. The highest BCUT2D eigenvalue weighted by Gasteiger charge is 2.30. The Bertz CT molecular complexity index is 471. The fourth-order valence-electron chi connectivity index (χ4n) is 1.47. The van der Waals surface area contributed by atoms with Gasteiger partial charge in [-0.1, -0.05) is 12.1 Å². The maximum atomic E-state index is 12.3. The Morgan fingerprint density at radius 3 is 2.18 bits per heavy atom. The number of aliphatic hydroxyl groups excluding tert-OH is 1. The van der Waals surface area contributed by atoms with Gasteiger partial charge in [0.1, 0.15) is 11.9 Å². The van der Waals surface area contributed by atoms with Gasteiger partial charge in [0.05, 0.1) is 11.8 Å². The second-order valence-corrected chi connectivity index (χ2v) is 3.54. The van der Waals surface area contributed by atoms with Gasteiger partial charge >= 0.3 is 6.18 Å². The van der Waals surface area contributed by atoms with Crippen LogP contribution in [-0.2, 0) is 6.18 Å². The van der Waals surface area contributed by atoms with E-state index in [4.69, 9.17) is 4.42 Å². The minimum Gasteiger partial charge on any atom is -0.466 e. The third-order valence-corrected chi connectivity index (χ3v) is 2.37. The van der Waals surface area contributed by atoms with E-state index < -0.39 is 17.8 Å². The van der Waals surface area contributed by atoms with Gasteiger partial charge < -0.3 is 9.52 Å². The van der Waals surface area contributed by atoms with Gasteiger partial charge in [-0.15, -0.1) is 0 Å². The summed E-state index contributed by atoms with van der Waals surface area (Å²) >= 11 is 0.